The molecule has 6 heterocycles. The van der Waals surface area contributed by atoms with Crippen molar-refractivity contribution in [3.05, 3.63) is 64.6 Å². The van der Waals surface area contributed by atoms with Crippen LogP contribution in [0.25, 0.3) is 21.9 Å². The highest BCUT2D eigenvalue weighted by Gasteiger charge is 2.54. The highest BCUT2D eigenvalue weighted by atomic mass is 35.5. The number of anilines is 1. The molecule has 2 atom stereocenters. The standard InChI is InChI=1S/C22H21ClF5NO7.C21H21F5O6/c1-32-19(31)18-17(13-8-12(22(26,27)28)2-3-14(13)36-18)29(16(30)10-23)11-21(24,25)15-9-20(4-5-33-15)34-6-7-35-20;1-28-18(27)17-13(14-10-12(21(24,25)26)2-3-15(14)32-17)4-5-20(22,23)16-11-19(6-7-29-16)30-8-9-31-19/h2-3,8,15H,4-7,9-11H2,1H3;2-3,10,16H,4-9,11H2,1H3. The van der Waals surface area contributed by atoms with Crippen LogP contribution in [0.1, 0.15) is 69.9 Å². The van der Waals surface area contributed by atoms with Gasteiger partial charge in [-0.3, -0.25) is 4.79 Å². The van der Waals surface area contributed by atoms with E-state index < -0.39 is 125 Å². The summed E-state index contributed by atoms with van der Waals surface area (Å²) in [5.74, 6) is -14.7. The van der Waals surface area contributed by atoms with Crippen molar-refractivity contribution in [3.63, 3.8) is 0 Å². The van der Waals surface area contributed by atoms with Crippen LogP contribution in [-0.2, 0) is 61.5 Å². The van der Waals surface area contributed by atoms with Gasteiger partial charge in [0.25, 0.3) is 11.8 Å². The van der Waals surface area contributed by atoms with Crippen LogP contribution in [0.4, 0.5) is 49.6 Å². The SMILES string of the molecule is COC(=O)c1oc2ccc(C(F)(F)F)cc2c1CCC(F)(F)C1CC2(CCO1)OCCO2.COC(=O)c1oc2ccc(C(F)(F)F)cc2c1N(CC(F)(F)C1CC2(CCO1)OCCO2)C(=O)CCl. The zero-order chi connectivity index (χ0) is 49.5. The molecule has 2 unspecified atom stereocenters. The van der Waals surface area contributed by atoms with E-state index in [1.54, 1.807) is 0 Å². The molecule has 8 rings (SSSR count). The predicted octanol–water partition coefficient (Wildman–Crippen LogP) is 9.10. The number of amides is 1. The van der Waals surface area contributed by atoms with E-state index in [2.05, 4.69) is 9.47 Å². The Morgan fingerprint density at radius 2 is 1.12 bits per heavy atom. The van der Waals surface area contributed by atoms with Crippen molar-refractivity contribution < 1.29 is 105 Å². The normalized spacial score (nSPS) is 20.7. The minimum atomic E-state index is -4.80. The Bertz CT molecular complexity index is 2480. The second kappa shape index (κ2) is 19.6. The maximum absolute atomic E-state index is 15.6. The second-order valence-corrected chi connectivity index (χ2v) is 16.3. The predicted molar refractivity (Wildman–Crippen MR) is 214 cm³/mol. The number of fused-ring (bicyclic) bond motifs is 2. The number of hydrogen-bond donors (Lipinski definition) is 0. The molecule has 0 N–H and O–H groups in total. The van der Waals surface area contributed by atoms with Gasteiger partial charge in [-0.15, -0.1) is 11.6 Å². The quantitative estimate of drug-likeness (QED) is 0.0798. The van der Waals surface area contributed by atoms with Crippen LogP contribution >= 0.6 is 11.6 Å². The van der Waals surface area contributed by atoms with Gasteiger partial charge in [0.1, 0.15) is 34.9 Å². The van der Waals surface area contributed by atoms with Gasteiger partial charge in [0.05, 0.1) is 71.5 Å². The summed E-state index contributed by atoms with van der Waals surface area (Å²) >= 11 is 5.66. The van der Waals surface area contributed by atoms with E-state index in [9.17, 15) is 40.7 Å². The highest BCUT2D eigenvalue weighted by molar-refractivity contribution is 6.30. The van der Waals surface area contributed by atoms with Gasteiger partial charge in [0.2, 0.25) is 17.4 Å². The van der Waals surface area contributed by atoms with Gasteiger partial charge in [-0.2, -0.15) is 26.3 Å². The Balaban J connectivity index is 0.000000203. The van der Waals surface area contributed by atoms with E-state index in [1.165, 1.54) is 0 Å². The second-order valence-electron chi connectivity index (χ2n) is 16.1. The number of esters is 2. The number of furan rings is 2. The molecule has 4 aliphatic rings. The number of rotatable bonds is 11. The zero-order valence-electron chi connectivity index (χ0n) is 35.9. The fraction of sp³-hybridized carbons (Fsp3) is 0.558. The Hall–Kier alpha value is -4.72. The van der Waals surface area contributed by atoms with Crippen LogP contribution in [-0.4, -0.2) is 120 Å². The monoisotopic (exact) mass is 1010 g/mol. The number of halogens is 11. The summed E-state index contributed by atoms with van der Waals surface area (Å²) in [6.45, 7) is -0.404. The number of ether oxygens (including phenoxy) is 8. The molecule has 14 nitrogen and oxygen atoms in total. The molecule has 2 spiro atoms. The molecule has 0 radical (unpaired) electrons. The lowest BCUT2D eigenvalue weighted by Gasteiger charge is -2.40. The Morgan fingerprint density at radius 1 is 0.662 bits per heavy atom. The summed E-state index contributed by atoms with van der Waals surface area (Å²) in [7, 11) is 2.02. The number of carbonyl (C=O) groups excluding carboxylic acids is 3. The first kappa shape index (κ1) is 51.1. The van der Waals surface area contributed by atoms with Gasteiger partial charge in [-0.1, -0.05) is 0 Å². The van der Waals surface area contributed by atoms with Crippen molar-refractivity contribution in [1.29, 1.82) is 0 Å². The van der Waals surface area contributed by atoms with Gasteiger partial charge < -0.3 is 51.6 Å². The molecule has 25 heteroatoms. The Kier molecular flexibility index (Phi) is 14.7. The summed E-state index contributed by atoms with van der Waals surface area (Å²) in [5, 5.41) is -0.470. The van der Waals surface area contributed by atoms with Crippen molar-refractivity contribution in [1.82, 2.24) is 0 Å². The molecule has 0 aliphatic carbocycles. The topological polar surface area (TPSA) is 155 Å². The fourth-order valence-corrected chi connectivity index (χ4v) is 8.53. The average Bonchev–Trinajstić information content (AvgIpc) is 4.12. The molecule has 4 aromatic rings. The summed E-state index contributed by atoms with van der Waals surface area (Å²) in [4.78, 5) is 37.7. The van der Waals surface area contributed by atoms with Crippen LogP contribution in [0.3, 0.4) is 0 Å². The molecular formula is C43H42ClF10NO13. The molecule has 4 aliphatic heterocycles. The van der Waals surface area contributed by atoms with Crippen LogP contribution in [0.2, 0.25) is 0 Å². The van der Waals surface area contributed by atoms with Crippen molar-refractivity contribution in [2.24, 2.45) is 0 Å². The molecule has 1 amide bonds. The van der Waals surface area contributed by atoms with E-state index in [1.807, 2.05) is 0 Å². The number of carbonyl (C=O) groups is 3. The van der Waals surface area contributed by atoms with Gasteiger partial charge in [-0.25, -0.2) is 27.2 Å². The number of alkyl halides is 11. The third kappa shape index (κ3) is 10.7. The first-order valence-electron chi connectivity index (χ1n) is 20.8. The zero-order valence-corrected chi connectivity index (χ0v) is 36.7. The molecule has 374 valence electrons. The van der Waals surface area contributed by atoms with E-state index >= 15 is 17.6 Å². The summed E-state index contributed by atoms with van der Waals surface area (Å²) < 4.78 is 193. The van der Waals surface area contributed by atoms with Crippen LogP contribution in [0, 0.1) is 0 Å². The lowest BCUT2D eigenvalue weighted by atomic mass is 9.93. The van der Waals surface area contributed by atoms with E-state index in [0.29, 0.717) is 36.7 Å². The summed E-state index contributed by atoms with van der Waals surface area (Å²) in [5.41, 5.74) is -3.11. The third-order valence-electron chi connectivity index (χ3n) is 11.8. The smallest absolute Gasteiger partial charge is 0.416 e. The molecular weight excluding hydrogens is 964 g/mol. The number of methoxy groups -OCH3 is 2. The number of aryl methyl sites for hydroxylation is 1. The fourth-order valence-electron chi connectivity index (χ4n) is 8.38. The Morgan fingerprint density at radius 3 is 1.60 bits per heavy atom. The minimum absolute atomic E-state index is 0.0251. The molecule has 2 aromatic heterocycles. The van der Waals surface area contributed by atoms with E-state index in [0.717, 1.165) is 38.5 Å². The molecule has 2 aromatic carbocycles. The van der Waals surface area contributed by atoms with Crippen LogP contribution in [0.15, 0.2) is 45.2 Å². The lowest BCUT2D eigenvalue weighted by Crippen LogP contribution is -2.54. The highest BCUT2D eigenvalue weighted by Crippen LogP contribution is 2.45. The number of benzene rings is 2. The Labute approximate surface area is 383 Å². The van der Waals surface area contributed by atoms with E-state index in [-0.39, 0.29) is 67.8 Å². The summed E-state index contributed by atoms with van der Waals surface area (Å²) in [6.07, 6.45) is -13.9. The largest absolute Gasteiger partial charge is 0.463 e. The minimum Gasteiger partial charge on any atom is -0.463 e. The summed E-state index contributed by atoms with van der Waals surface area (Å²) in [6, 6.07) is 4.83. The van der Waals surface area contributed by atoms with Crippen molar-refractivity contribution in [3.8, 4) is 0 Å². The first-order valence-corrected chi connectivity index (χ1v) is 21.3. The average molecular weight is 1010 g/mol. The van der Waals surface area contributed by atoms with E-state index in [4.69, 9.17) is 48.9 Å². The van der Waals surface area contributed by atoms with Crippen molar-refractivity contribution >= 4 is 57.1 Å². The van der Waals surface area contributed by atoms with Crippen LogP contribution in [0.5, 0.6) is 0 Å². The van der Waals surface area contributed by atoms with Gasteiger partial charge in [-0.05, 0) is 42.8 Å². The molecule has 68 heavy (non-hydrogen) atoms. The molecule has 0 saturated carbocycles. The molecule has 0 bridgehead atoms. The molecule has 4 saturated heterocycles. The molecule has 4 fully saturated rings. The number of hydrogen-bond acceptors (Lipinski definition) is 13. The first-order chi connectivity index (χ1) is 32.0. The maximum atomic E-state index is 15.6. The number of nitrogens with zero attached hydrogens (tertiary/aromatic N) is 1. The maximum Gasteiger partial charge on any atom is 0.416 e. The lowest BCUT2D eigenvalue weighted by molar-refractivity contribution is -0.258. The third-order valence-corrected chi connectivity index (χ3v) is 12.0. The van der Waals surface area contributed by atoms with Crippen LogP contribution < -0.4 is 4.90 Å². The van der Waals surface area contributed by atoms with Gasteiger partial charge in [0, 0.05) is 48.4 Å². The van der Waals surface area contributed by atoms with Gasteiger partial charge >= 0.3 is 24.3 Å². The van der Waals surface area contributed by atoms with Crippen molar-refractivity contribution in [2.75, 3.05) is 71.2 Å². The van der Waals surface area contributed by atoms with Crippen molar-refractivity contribution in [2.45, 2.75) is 86.5 Å². The van der Waals surface area contributed by atoms with Gasteiger partial charge in [0.15, 0.2) is 11.6 Å².